The van der Waals surface area contributed by atoms with E-state index < -0.39 is 0 Å². The van der Waals surface area contributed by atoms with Gasteiger partial charge in [0.05, 0.1) is 0 Å². The third-order valence-corrected chi connectivity index (χ3v) is 3.18. The van der Waals surface area contributed by atoms with E-state index in [1.165, 1.54) is 5.56 Å². The third-order valence-electron chi connectivity index (χ3n) is 3.18. The van der Waals surface area contributed by atoms with Gasteiger partial charge in [0, 0.05) is 0 Å². The molecule has 0 fully saturated rings. The molecule has 0 aromatic heterocycles. The summed E-state index contributed by atoms with van der Waals surface area (Å²) in [4.78, 5) is 0. The van der Waals surface area contributed by atoms with E-state index in [1.807, 2.05) is 48.5 Å². The van der Waals surface area contributed by atoms with Crippen LogP contribution < -0.4 is 4.74 Å². The zero-order valence-corrected chi connectivity index (χ0v) is 11.7. The Bertz CT molecular complexity index is 569. The first-order chi connectivity index (χ1) is 9.79. The Morgan fingerprint density at radius 3 is 2.45 bits per heavy atom. The van der Waals surface area contributed by atoms with Gasteiger partial charge in [0.25, 0.3) is 0 Å². The Hall–Kier alpha value is -2.28. The molecule has 102 valence electrons. The van der Waals surface area contributed by atoms with Gasteiger partial charge in [0.15, 0.2) is 0 Å². The molecule has 0 aliphatic rings. The minimum atomic E-state index is 0.871. The minimum Gasteiger partial charge on any atom is -0.457 e. The van der Waals surface area contributed by atoms with Crippen molar-refractivity contribution in [2.45, 2.75) is 19.3 Å². The Balaban J connectivity index is 2.02. The second-order valence-electron chi connectivity index (χ2n) is 4.74. The van der Waals surface area contributed by atoms with Gasteiger partial charge in [0.1, 0.15) is 11.5 Å². The molecule has 0 saturated heterocycles. The Labute approximate surface area is 121 Å². The number of ether oxygens (including phenoxy) is 1. The number of rotatable bonds is 7. The molecule has 2 rings (SSSR count). The van der Waals surface area contributed by atoms with Crippen LogP contribution in [-0.4, -0.2) is 0 Å². The normalized spacial score (nSPS) is 10.0. The molecule has 0 radical (unpaired) electrons. The van der Waals surface area contributed by atoms with Gasteiger partial charge in [-0.3, -0.25) is 0 Å². The number of hydrogen-bond acceptors (Lipinski definition) is 1. The molecule has 0 atom stereocenters. The number of para-hydroxylation sites is 2. The minimum absolute atomic E-state index is 0.871. The topological polar surface area (TPSA) is 9.23 Å². The molecule has 0 bridgehead atoms. The Kier molecular flexibility index (Phi) is 5.19. The highest BCUT2D eigenvalue weighted by atomic mass is 16.5. The lowest BCUT2D eigenvalue weighted by Gasteiger charge is -2.11. The highest BCUT2D eigenvalue weighted by Gasteiger charge is 2.04. The fourth-order valence-corrected chi connectivity index (χ4v) is 2.03. The van der Waals surface area contributed by atoms with Gasteiger partial charge < -0.3 is 4.74 Å². The van der Waals surface area contributed by atoms with Gasteiger partial charge in [-0.05, 0) is 43.0 Å². The van der Waals surface area contributed by atoms with E-state index in [0.29, 0.717) is 0 Å². The van der Waals surface area contributed by atoms with Crippen molar-refractivity contribution in [1.29, 1.82) is 0 Å². The molecule has 0 N–H and O–H groups in total. The van der Waals surface area contributed by atoms with Crippen molar-refractivity contribution in [1.82, 2.24) is 0 Å². The predicted octanol–water partition coefficient (Wildman–Crippen LogP) is 5.54. The molecule has 0 heterocycles. The van der Waals surface area contributed by atoms with E-state index in [2.05, 4.69) is 25.3 Å². The number of hydrogen-bond donors (Lipinski definition) is 0. The quantitative estimate of drug-likeness (QED) is 0.596. The van der Waals surface area contributed by atoms with Crippen molar-refractivity contribution in [2.24, 2.45) is 0 Å². The van der Waals surface area contributed by atoms with Crippen molar-refractivity contribution in [2.75, 3.05) is 0 Å². The molecule has 1 heteroatoms. The van der Waals surface area contributed by atoms with Crippen LogP contribution in [0, 0.1) is 0 Å². The summed E-state index contributed by atoms with van der Waals surface area (Å²) in [6.45, 7) is 7.68. The second kappa shape index (κ2) is 7.34. The SMILES string of the molecule is C=CC(=C)CCCc1ccccc1Oc1ccccc1. The number of benzene rings is 2. The summed E-state index contributed by atoms with van der Waals surface area (Å²) in [5.74, 6) is 1.80. The standard InChI is InChI=1S/C19H20O/c1-3-16(2)10-9-12-17-11-7-8-15-19(17)20-18-13-5-4-6-14-18/h3-8,11,13-15H,1-2,9-10,12H2. The molecule has 0 aliphatic heterocycles. The maximum absolute atomic E-state index is 5.95. The van der Waals surface area contributed by atoms with Crippen LogP contribution in [0.5, 0.6) is 11.5 Å². The van der Waals surface area contributed by atoms with Crippen LogP contribution in [0.3, 0.4) is 0 Å². The molecule has 0 unspecified atom stereocenters. The van der Waals surface area contributed by atoms with Crippen LogP contribution in [-0.2, 0) is 6.42 Å². The molecule has 1 nitrogen and oxygen atoms in total. The first-order valence-electron chi connectivity index (χ1n) is 6.90. The van der Waals surface area contributed by atoms with E-state index in [0.717, 1.165) is 36.3 Å². The highest BCUT2D eigenvalue weighted by Crippen LogP contribution is 2.26. The molecule has 2 aromatic carbocycles. The molecule has 0 spiro atoms. The van der Waals surface area contributed by atoms with Crippen LogP contribution in [0.25, 0.3) is 0 Å². The monoisotopic (exact) mass is 264 g/mol. The Morgan fingerprint density at radius 2 is 1.70 bits per heavy atom. The first-order valence-corrected chi connectivity index (χ1v) is 6.90. The van der Waals surface area contributed by atoms with Crippen LogP contribution in [0.1, 0.15) is 18.4 Å². The van der Waals surface area contributed by atoms with Gasteiger partial charge in [-0.1, -0.05) is 61.2 Å². The maximum atomic E-state index is 5.95. The summed E-state index contributed by atoms with van der Waals surface area (Å²) in [5.41, 5.74) is 2.32. The van der Waals surface area contributed by atoms with Crippen LogP contribution in [0.15, 0.2) is 79.4 Å². The first kappa shape index (κ1) is 14.1. The lowest BCUT2D eigenvalue weighted by molar-refractivity contribution is 0.475. The summed E-state index contributed by atoms with van der Waals surface area (Å²) in [7, 11) is 0. The smallest absolute Gasteiger partial charge is 0.130 e. The summed E-state index contributed by atoms with van der Waals surface area (Å²) in [6.07, 6.45) is 4.84. The summed E-state index contributed by atoms with van der Waals surface area (Å²) in [5, 5.41) is 0. The second-order valence-corrected chi connectivity index (χ2v) is 4.74. The lowest BCUT2D eigenvalue weighted by Crippen LogP contribution is -1.92. The van der Waals surface area contributed by atoms with Crippen molar-refractivity contribution >= 4 is 0 Å². The zero-order chi connectivity index (χ0) is 14.2. The fraction of sp³-hybridized carbons (Fsp3) is 0.158. The van der Waals surface area contributed by atoms with Crippen LogP contribution in [0.4, 0.5) is 0 Å². The zero-order valence-electron chi connectivity index (χ0n) is 11.7. The van der Waals surface area contributed by atoms with Crippen molar-refractivity contribution in [3.05, 3.63) is 85.0 Å². The summed E-state index contributed by atoms with van der Waals surface area (Å²) < 4.78 is 5.95. The third kappa shape index (κ3) is 4.13. The number of allylic oxidation sites excluding steroid dienone is 2. The van der Waals surface area contributed by atoms with E-state index in [1.54, 1.807) is 0 Å². The van der Waals surface area contributed by atoms with Crippen LogP contribution in [0.2, 0.25) is 0 Å². The molecule has 0 amide bonds. The van der Waals surface area contributed by atoms with Gasteiger partial charge in [0.2, 0.25) is 0 Å². The maximum Gasteiger partial charge on any atom is 0.130 e. The van der Waals surface area contributed by atoms with Gasteiger partial charge in [-0.15, -0.1) is 0 Å². The predicted molar refractivity (Wildman–Crippen MR) is 85.2 cm³/mol. The summed E-state index contributed by atoms with van der Waals surface area (Å²) in [6, 6.07) is 18.1. The Morgan fingerprint density at radius 1 is 1.00 bits per heavy atom. The number of aryl methyl sites for hydroxylation is 1. The van der Waals surface area contributed by atoms with E-state index in [4.69, 9.17) is 4.74 Å². The molecule has 0 saturated carbocycles. The van der Waals surface area contributed by atoms with Gasteiger partial charge in [-0.2, -0.15) is 0 Å². The van der Waals surface area contributed by atoms with Crippen molar-refractivity contribution < 1.29 is 4.74 Å². The largest absolute Gasteiger partial charge is 0.457 e. The van der Waals surface area contributed by atoms with Gasteiger partial charge >= 0.3 is 0 Å². The summed E-state index contributed by atoms with van der Waals surface area (Å²) >= 11 is 0. The molecule has 0 aliphatic carbocycles. The average Bonchev–Trinajstić information content (AvgIpc) is 2.50. The van der Waals surface area contributed by atoms with Crippen LogP contribution >= 0.6 is 0 Å². The van der Waals surface area contributed by atoms with Crippen molar-refractivity contribution in [3.63, 3.8) is 0 Å². The average molecular weight is 264 g/mol. The van der Waals surface area contributed by atoms with E-state index in [-0.39, 0.29) is 0 Å². The highest BCUT2D eigenvalue weighted by molar-refractivity contribution is 5.37. The van der Waals surface area contributed by atoms with Gasteiger partial charge in [-0.25, -0.2) is 0 Å². The van der Waals surface area contributed by atoms with E-state index >= 15 is 0 Å². The molecule has 20 heavy (non-hydrogen) atoms. The molecular formula is C19H20O. The molecular weight excluding hydrogens is 244 g/mol. The van der Waals surface area contributed by atoms with E-state index in [9.17, 15) is 0 Å². The van der Waals surface area contributed by atoms with Crippen molar-refractivity contribution in [3.8, 4) is 11.5 Å². The lowest BCUT2D eigenvalue weighted by atomic mass is 10.0. The molecule has 2 aromatic rings. The fourth-order valence-electron chi connectivity index (χ4n) is 2.03.